The standard InChI is InChI=1S/C15H16FN5O/c1-21(13-5-3-2-4-12(13)16)15(22)11-8-6-10(7-9-11)14-17-19-20-18-14/h2-9,14,17-20H,1H3. The quantitative estimate of drug-likeness (QED) is 0.686. The molecule has 2 aromatic carbocycles. The molecule has 1 fully saturated rings. The highest BCUT2D eigenvalue weighted by molar-refractivity contribution is 6.05. The number of carbonyl (C=O) groups is 1. The van der Waals surface area contributed by atoms with Crippen LogP contribution in [-0.4, -0.2) is 13.0 Å². The maximum Gasteiger partial charge on any atom is 0.258 e. The summed E-state index contributed by atoms with van der Waals surface area (Å²) < 4.78 is 13.8. The van der Waals surface area contributed by atoms with Gasteiger partial charge in [-0.05, 0) is 29.8 Å². The molecule has 2 aromatic rings. The normalized spacial score (nSPS) is 15.0. The van der Waals surface area contributed by atoms with Gasteiger partial charge in [0.05, 0.1) is 5.69 Å². The molecule has 0 atom stereocenters. The summed E-state index contributed by atoms with van der Waals surface area (Å²) in [4.78, 5) is 13.7. The van der Waals surface area contributed by atoms with Crippen molar-refractivity contribution in [3.05, 3.63) is 65.5 Å². The lowest BCUT2D eigenvalue weighted by Crippen LogP contribution is -2.33. The molecule has 114 valence electrons. The largest absolute Gasteiger partial charge is 0.309 e. The van der Waals surface area contributed by atoms with Crippen LogP contribution in [0.2, 0.25) is 0 Å². The molecule has 1 saturated heterocycles. The number of anilines is 1. The van der Waals surface area contributed by atoms with Crippen molar-refractivity contribution in [1.29, 1.82) is 0 Å². The Morgan fingerprint density at radius 3 is 2.32 bits per heavy atom. The highest BCUT2D eigenvalue weighted by Gasteiger charge is 2.18. The SMILES string of the molecule is CN(C(=O)c1ccc(C2NNNN2)cc1)c1ccccc1F. The molecule has 0 radical (unpaired) electrons. The number of benzene rings is 2. The van der Waals surface area contributed by atoms with Gasteiger partial charge >= 0.3 is 0 Å². The summed E-state index contributed by atoms with van der Waals surface area (Å²) in [5, 5.41) is 0. The second-order valence-corrected chi connectivity index (χ2v) is 4.91. The minimum absolute atomic E-state index is 0.0894. The van der Waals surface area contributed by atoms with E-state index < -0.39 is 5.82 Å². The van der Waals surface area contributed by atoms with Crippen molar-refractivity contribution in [2.24, 2.45) is 0 Å². The van der Waals surface area contributed by atoms with Gasteiger partial charge in [0.25, 0.3) is 5.91 Å². The summed E-state index contributed by atoms with van der Waals surface area (Å²) in [6.45, 7) is 0. The average Bonchev–Trinajstić information content (AvgIpc) is 3.09. The van der Waals surface area contributed by atoms with Crippen molar-refractivity contribution in [3.8, 4) is 0 Å². The fourth-order valence-corrected chi connectivity index (χ4v) is 2.26. The van der Waals surface area contributed by atoms with Crippen molar-refractivity contribution in [1.82, 2.24) is 21.9 Å². The first kappa shape index (κ1) is 14.6. The molecule has 1 aliphatic heterocycles. The topological polar surface area (TPSA) is 68.4 Å². The molecule has 22 heavy (non-hydrogen) atoms. The van der Waals surface area contributed by atoms with Crippen molar-refractivity contribution in [2.75, 3.05) is 11.9 Å². The van der Waals surface area contributed by atoms with Crippen LogP contribution in [0.25, 0.3) is 0 Å². The number of amides is 1. The zero-order chi connectivity index (χ0) is 15.5. The third-order valence-electron chi connectivity index (χ3n) is 3.50. The number of nitrogens with one attached hydrogen (secondary N) is 4. The van der Waals surface area contributed by atoms with E-state index >= 15 is 0 Å². The van der Waals surface area contributed by atoms with E-state index in [2.05, 4.69) is 21.9 Å². The van der Waals surface area contributed by atoms with Crippen LogP contribution in [0.5, 0.6) is 0 Å². The Bertz CT molecular complexity index is 670. The van der Waals surface area contributed by atoms with Gasteiger partial charge < -0.3 is 4.90 Å². The summed E-state index contributed by atoms with van der Waals surface area (Å²) in [7, 11) is 1.56. The Kier molecular flexibility index (Phi) is 4.12. The van der Waals surface area contributed by atoms with Crippen molar-refractivity contribution < 1.29 is 9.18 Å². The lowest BCUT2D eigenvalue weighted by Gasteiger charge is -2.18. The third kappa shape index (κ3) is 2.83. The lowest BCUT2D eigenvalue weighted by atomic mass is 10.1. The lowest BCUT2D eigenvalue weighted by molar-refractivity contribution is 0.0992. The van der Waals surface area contributed by atoms with Gasteiger partial charge in [0.2, 0.25) is 0 Å². The van der Waals surface area contributed by atoms with E-state index in [1.54, 1.807) is 37.4 Å². The van der Waals surface area contributed by atoms with Crippen molar-refractivity contribution in [3.63, 3.8) is 0 Å². The highest BCUT2D eigenvalue weighted by atomic mass is 19.1. The minimum Gasteiger partial charge on any atom is -0.309 e. The Labute approximate surface area is 127 Å². The Morgan fingerprint density at radius 2 is 1.68 bits per heavy atom. The molecule has 0 bridgehead atoms. The van der Waals surface area contributed by atoms with Crippen LogP contribution in [0.3, 0.4) is 0 Å². The maximum absolute atomic E-state index is 13.8. The molecule has 3 rings (SSSR count). The van der Waals surface area contributed by atoms with Crippen LogP contribution in [-0.2, 0) is 0 Å². The zero-order valence-electron chi connectivity index (χ0n) is 11.9. The second-order valence-electron chi connectivity index (χ2n) is 4.91. The van der Waals surface area contributed by atoms with Crippen LogP contribution < -0.4 is 26.8 Å². The van der Waals surface area contributed by atoms with Gasteiger partial charge in [0.15, 0.2) is 0 Å². The minimum atomic E-state index is -0.425. The van der Waals surface area contributed by atoms with Gasteiger partial charge in [0.1, 0.15) is 12.0 Å². The molecule has 0 spiro atoms. The first-order valence-electron chi connectivity index (χ1n) is 6.80. The molecule has 1 heterocycles. The molecule has 4 N–H and O–H groups in total. The summed E-state index contributed by atoms with van der Waals surface area (Å²) in [5.41, 5.74) is 13.1. The van der Waals surface area contributed by atoms with Crippen molar-refractivity contribution in [2.45, 2.75) is 6.17 Å². The molecule has 1 amide bonds. The van der Waals surface area contributed by atoms with E-state index in [0.717, 1.165) is 5.56 Å². The van der Waals surface area contributed by atoms with E-state index in [1.807, 2.05) is 12.1 Å². The molecule has 0 unspecified atom stereocenters. The number of hydrogen-bond donors (Lipinski definition) is 4. The molecular weight excluding hydrogens is 285 g/mol. The smallest absolute Gasteiger partial charge is 0.258 e. The fourth-order valence-electron chi connectivity index (χ4n) is 2.26. The van der Waals surface area contributed by atoms with Crippen LogP contribution in [0.1, 0.15) is 22.1 Å². The molecule has 1 aliphatic rings. The van der Waals surface area contributed by atoms with Crippen LogP contribution in [0.15, 0.2) is 48.5 Å². The maximum atomic E-state index is 13.8. The molecule has 0 aromatic heterocycles. The van der Waals surface area contributed by atoms with E-state index in [-0.39, 0.29) is 17.8 Å². The van der Waals surface area contributed by atoms with E-state index in [9.17, 15) is 9.18 Å². The molecule has 6 nitrogen and oxygen atoms in total. The van der Waals surface area contributed by atoms with Gasteiger partial charge in [-0.3, -0.25) is 4.79 Å². The highest BCUT2D eigenvalue weighted by Crippen LogP contribution is 2.20. The van der Waals surface area contributed by atoms with Crippen LogP contribution in [0, 0.1) is 5.82 Å². The van der Waals surface area contributed by atoms with Crippen LogP contribution >= 0.6 is 0 Å². The number of para-hydroxylation sites is 1. The third-order valence-corrected chi connectivity index (χ3v) is 3.50. The van der Waals surface area contributed by atoms with Gasteiger partial charge in [-0.15, -0.1) is 0 Å². The number of hydrazine groups is 3. The molecule has 0 saturated carbocycles. The molecule has 7 heteroatoms. The number of halogens is 1. The van der Waals surface area contributed by atoms with Crippen molar-refractivity contribution >= 4 is 11.6 Å². The Hall–Kier alpha value is -2.32. The Balaban J connectivity index is 1.78. The first-order valence-corrected chi connectivity index (χ1v) is 6.80. The van der Waals surface area contributed by atoms with Gasteiger partial charge in [-0.2, -0.15) is 11.1 Å². The molecular formula is C15H16FN5O. The summed E-state index contributed by atoms with van der Waals surface area (Å²) in [5.74, 6) is -0.688. The van der Waals surface area contributed by atoms with E-state index in [1.165, 1.54) is 11.0 Å². The number of rotatable bonds is 3. The van der Waals surface area contributed by atoms with Gasteiger partial charge in [-0.1, -0.05) is 24.3 Å². The monoisotopic (exact) mass is 301 g/mol. The first-order chi connectivity index (χ1) is 10.7. The van der Waals surface area contributed by atoms with E-state index in [0.29, 0.717) is 5.56 Å². The number of nitrogens with zero attached hydrogens (tertiary/aromatic N) is 1. The van der Waals surface area contributed by atoms with E-state index in [4.69, 9.17) is 0 Å². The van der Waals surface area contributed by atoms with Gasteiger partial charge in [0, 0.05) is 12.6 Å². The second kappa shape index (κ2) is 6.20. The number of carbonyl (C=O) groups excluding carboxylic acids is 1. The average molecular weight is 301 g/mol. The zero-order valence-corrected chi connectivity index (χ0v) is 11.9. The number of hydrogen-bond acceptors (Lipinski definition) is 5. The predicted molar refractivity (Wildman–Crippen MR) is 80.9 cm³/mol. The van der Waals surface area contributed by atoms with Gasteiger partial charge in [-0.25, -0.2) is 15.2 Å². The van der Waals surface area contributed by atoms with Crippen LogP contribution in [0.4, 0.5) is 10.1 Å². The Morgan fingerprint density at radius 1 is 1.05 bits per heavy atom. The summed E-state index contributed by atoms with van der Waals surface area (Å²) >= 11 is 0. The molecule has 0 aliphatic carbocycles. The predicted octanol–water partition coefficient (Wildman–Crippen LogP) is 1.22. The summed E-state index contributed by atoms with van der Waals surface area (Å²) in [6.07, 6.45) is -0.0894. The summed E-state index contributed by atoms with van der Waals surface area (Å²) in [6, 6.07) is 13.3. The fraction of sp³-hybridized carbons (Fsp3) is 0.133.